The Morgan fingerprint density at radius 3 is 2.56 bits per heavy atom. The maximum Gasteiger partial charge on any atom is 0.416 e. The third-order valence-corrected chi connectivity index (χ3v) is 5.78. The van der Waals surface area contributed by atoms with Gasteiger partial charge in [0.1, 0.15) is 0 Å². The number of hydrogen-bond acceptors (Lipinski definition) is 3. The van der Waals surface area contributed by atoms with Crippen LogP contribution in [0.2, 0.25) is 0 Å². The molecule has 1 saturated heterocycles. The number of rotatable bonds is 2. The van der Waals surface area contributed by atoms with Crippen LogP contribution in [-0.2, 0) is 5.41 Å². The number of para-hydroxylation sites is 1. The molecule has 5 heteroatoms. The minimum atomic E-state index is -0.970. The molecule has 5 nitrogen and oxygen atoms in total. The lowest BCUT2D eigenvalue weighted by Gasteiger charge is -2.32. The molecule has 0 aliphatic carbocycles. The van der Waals surface area contributed by atoms with Crippen molar-refractivity contribution in [1.82, 2.24) is 4.90 Å². The number of amides is 1. The van der Waals surface area contributed by atoms with Gasteiger partial charge in [-0.25, -0.2) is 9.69 Å². The molecule has 2 unspecified atom stereocenters. The number of likely N-dealkylation sites (N-methyl/N-ethyl adjacent to an activating group) is 2. The summed E-state index contributed by atoms with van der Waals surface area (Å²) in [6.45, 7) is 3.34. The largest absolute Gasteiger partial charge is 0.464 e. The number of anilines is 3. The van der Waals surface area contributed by atoms with Gasteiger partial charge in [0.05, 0.1) is 17.5 Å². The van der Waals surface area contributed by atoms with Gasteiger partial charge in [0.15, 0.2) is 0 Å². The second-order valence-corrected chi connectivity index (χ2v) is 7.29. The number of likely N-dealkylation sites (tertiary alicyclic amines) is 1. The van der Waals surface area contributed by atoms with Crippen LogP contribution in [0.15, 0.2) is 48.5 Å². The molecule has 2 heterocycles. The van der Waals surface area contributed by atoms with Gasteiger partial charge in [-0.3, -0.25) is 4.90 Å². The second kappa shape index (κ2) is 5.49. The predicted octanol–water partition coefficient (Wildman–Crippen LogP) is 3.87. The maximum atomic E-state index is 11.9. The molecule has 2 aromatic rings. The Kier molecular flexibility index (Phi) is 3.51. The monoisotopic (exact) mass is 337 g/mol. The van der Waals surface area contributed by atoms with E-state index in [0.29, 0.717) is 17.5 Å². The smallest absolute Gasteiger partial charge is 0.416 e. The van der Waals surface area contributed by atoms with Crippen LogP contribution in [0.1, 0.15) is 18.9 Å². The quantitative estimate of drug-likeness (QED) is 0.904. The van der Waals surface area contributed by atoms with Gasteiger partial charge in [0.25, 0.3) is 0 Å². The molecule has 0 bridgehead atoms. The van der Waals surface area contributed by atoms with Crippen molar-refractivity contribution in [2.24, 2.45) is 0 Å². The predicted molar refractivity (Wildman–Crippen MR) is 99.8 cm³/mol. The van der Waals surface area contributed by atoms with E-state index in [2.05, 4.69) is 43.0 Å². The van der Waals surface area contributed by atoms with E-state index in [0.717, 1.165) is 13.0 Å². The summed E-state index contributed by atoms with van der Waals surface area (Å²) >= 11 is 0. The first kappa shape index (κ1) is 16.0. The summed E-state index contributed by atoms with van der Waals surface area (Å²) in [5.41, 5.74) is 3.81. The van der Waals surface area contributed by atoms with Crippen molar-refractivity contribution in [2.75, 3.05) is 30.4 Å². The Hall–Kier alpha value is -2.53. The summed E-state index contributed by atoms with van der Waals surface area (Å²) in [4.78, 5) is 18.0. The molecule has 2 aliphatic heterocycles. The number of carbonyl (C=O) groups is 1. The van der Waals surface area contributed by atoms with E-state index >= 15 is 0 Å². The minimum Gasteiger partial charge on any atom is -0.464 e. The molecule has 0 aromatic heterocycles. The molecular formula is C20H23N3O2. The van der Waals surface area contributed by atoms with Crippen LogP contribution < -0.4 is 9.80 Å². The SMILES string of the molecule is CN1CCC2(C)c3cc(N(C(=O)O)c4ccccc4)ccc3N(C)C12. The first-order valence-electron chi connectivity index (χ1n) is 8.59. The molecule has 2 aromatic carbocycles. The number of nitrogens with zero attached hydrogens (tertiary/aromatic N) is 3. The van der Waals surface area contributed by atoms with E-state index in [1.807, 2.05) is 36.4 Å². The summed E-state index contributed by atoms with van der Waals surface area (Å²) in [5, 5.41) is 9.78. The Balaban J connectivity index is 1.82. The van der Waals surface area contributed by atoms with E-state index in [1.165, 1.54) is 16.2 Å². The normalized spacial score (nSPS) is 24.9. The van der Waals surface area contributed by atoms with Crippen LogP contribution in [-0.4, -0.2) is 42.9 Å². The molecule has 4 rings (SSSR count). The summed E-state index contributed by atoms with van der Waals surface area (Å²) in [6.07, 6.45) is 0.434. The first-order chi connectivity index (χ1) is 11.9. The molecule has 0 saturated carbocycles. The van der Waals surface area contributed by atoms with Crippen LogP contribution in [0.5, 0.6) is 0 Å². The molecule has 0 spiro atoms. The summed E-state index contributed by atoms with van der Waals surface area (Å²) in [5.74, 6) is 0. The third kappa shape index (κ3) is 2.23. The topological polar surface area (TPSA) is 47.0 Å². The third-order valence-electron chi connectivity index (χ3n) is 5.78. The Morgan fingerprint density at radius 1 is 1.16 bits per heavy atom. The van der Waals surface area contributed by atoms with Crippen molar-refractivity contribution < 1.29 is 9.90 Å². The Morgan fingerprint density at radius 2 is 1.88 bits per heavy atom. The molecule has 2 atom stereocenters. The number of hydrogen-bond donors (Lipinski definition) is 1. The van der Waals surface area contributed by atoms with Crippen molar-refractivity contribution >= 4 is 23.2 Å². The highest BCUT2D eigenvalue weighted by atomic mass is 16.4. The molecule has 1 fully saturated rings. The zero-order valence-corrected chi connectivity index (χ0v) is 14.8. The van der Waals surface area contributed by atoms with E-state index < -0.39 is 6.09 Å². The van der Waals surface area contributed by atoms with Crippen LogP contribution in [0, 0.1) is 0 Å². The van der Waals surface area contributed by atoms with E-state index in [9.17, 15) is 9.90 Å². The van der Waals surface area contributed by atoms with Crippen LogP contribution in [0.4, 0.5) is 21.9 Å². The van der Waals surface area contributed by atoms with Crippen molar-refractivity contribution in [1.29, 1.82) is 0 Å². The number of fused-ring (bicyclic) bond motifs is 3. The summed E-state index contributed by atoms with van der Waals surface area (Å²) < 4.78 is 0. The average molecular weight is 337 g/mol. The van der Waals surface area contributed by atoms with Crippen molar-refractivity contribution in [3.8, 4) is 0 Å². The Bertz CT molecular complexity index is 823. The molecule has 0 radical (unpaired) electrons. The molecule has 25 heavy (non-hydrogen) atoms. The van der Waals surface area contributed by atoms with Gasteiger partial charge in [-0.1, -0.05) is 25.1 Å². The molecule has 2 aliphatic rings. The van der Waals surface area contributed by atoms with Crippen molar-refractivity contribution in [3.05, 3.63) is 54.1 Å². The highest BCUT2D eigenvalue weighted by molar-refractivity contribution is 5.95. The highest BCUT2D eigenvalue weighted by Gasteiger charge is 2.52. The minimum absolute atomic E-state index is 0.0235. The molecule has 1 amide bonds. The second-order valence-electron chi connectivity index (χ2n) is 7.29. The number of benzene rings is 2. The van der Waals surface area contributed by atoms with Gasteiger partial charge >= 0.3 is 6.09 Å². The Labute approximate surface area is 148 Å². The van der Waals surface area contributed by atoms with Crippen molar-refractivity contribution in [2.45, 2.75) is 24.9 Å². The van der Waals surface area contributed by atoms with E-state index in [4.69, 9.17) is 0 Å². The van der Waals surface area contributed by atoms with Crippen LogP contribution >= 0.6 is 0 Å². The fourth-order valence-electron chi connectivity index (χ4n) is 4.65. The molecular weight excluding hydrogens is 314 g/mol. The van der Waals surface area contributed by atoms with E-state index in [-0.39, 0.29) is 5.41 Å². The lowest BCUT2D eigenvalue weighted by atomic mass is 9.81. The summed E-state index contributed by atoms with van der Waals surface area (Å²) in [6, 6.07) is 15.3. The van der Waals surface area contributed by atoms with Crippen LogP contribution in [0.25, 0.3) is 0 Å². The van der Waals surface area contributed by atoms with Gasteiger partial charge in [-0.2, -0.15) is 0 Å². The van der Waals surface area contributed by atoms with Crippen molar-refractivity contribution in [3.63, 3.8) is 0 Å². The lowest BCUT2D eigenvalue weighted by Crippen LogP contribution is -2.45. The maximum absolute atomic E-state index is 11.9. The standard InChI is InChI=1S/C20H23N3O2/c1-20-11-12-21(2)18(20)22(3)17-10-9-15(13-16(17)20)23(19(24)25)14-7-5-4-6-8-14/h4-10,13,18H,11-12H2,1-3H3,(H,24,25). The zero-order valence-electron chi connectivity index (χ0n) is 14.8. The fraction of sp³-hybridized carbons (Fsp3) is 0.350. The van der Waals surface area contributed by atoms with E-state index in [1.54, 1.807) is 0 Å². The van der Waals surface area contributed by atoms with Crippen LogP contribution in [0.3, 0.4) is 0 Å². The molecule has 130 valence electrons. The zero-order chi connectivity index (χ0) is 17.8. The van der Waals surface area contributed by atoms with Gasteiger partial charge in [-0.05, 0) is 49.4 Å². The van der Waals surface area contributed by atoms with Gasteiger partial charge < -0.3 is 10.0 Å². The van der Waals surface area contributed by atoms with Gasteiger partial charge in [-0.15, -0.1) is 0 Å². The summed E-state index contributed by atoms with van der Waals surface area (Å²) in [7, 11) is 4.29. The number of carboxylic acid groups (broad SMARTS) is 1. The first-order valence-corrected chi connectivity index (χ1v) is 8.59. The lowest BCUT2D eigenvalue weighted by molar-refractivity contribution is 0.205. The highest BCUT2D eigenvalue weighted by Crippen LogP contribution is 2.52. The fourth-order valence-corrected chi connectivity index (χ4v) is 4.65. The van der Waals surface area contributed by atoms with Gasteiger partial charge in [0.2, 0.25) is 0 Å². The average Bonchev–Trinajstić information content (AvgIpc) is 3.01. The molecule has 1 N–H and O–H groups in total. The van der Waals surface area contributed by atoms with Gasteiger partial charge in [0, 0.05) is 24.7 Å².